The van der Waals surface area contributed by atoms with Crippen molar-refractivity contribution in [3.63, 3.8) is 0 Å². The highest BCUT2D eigenvalue weighted by molar-refractivity contribution is 7.15. The van der Waals surface area contributed by atoms with Gasteiger partial charge >= 0.3 is 0 Å². The van der Waals surface area contributed by atoms with Crippen molar-refractivity contribution in [3.8, 4) is 6.07 Å². The van der Waals surface area contributed by atoms with E-state index >= 15 is 0 Å². The lowest BCUT2D eigenvalue weighted by Crippen LogP contribution is -2.47. The van der Waals surface area contributed by atoms with Crippen molar-refractivity contribution in [1.82, 2.24) is 19.9 Å². The Bertz CT molecular complexity index is 1170. The molecule has 0 aliphatic carbocycles. The number of piperidine rings is 1. The van der Waals surface area contributed by atoms with E-state index in [0.29, 0.717) is 35.5 Å². The van der Waals surface area contributed by atoms with Crippen molar-refractivity contribution in [2.24, 2.45) is 0 Å². The van der Waals surface area contributed by atoms with Crippen LogP contribution >= 0.6 is 11.3 Å². The Morgan fingerprint density at radius 2 is 2.06 bits per heavy atom. The van der Waals surface area contributed by atoms with Crippen LogP contribution in [0.2, 0.25) is 0 Å². The van der Waals surface area contributed by atoms with Gasteiger partial charge in [-0.3, -0.25) is 9.88 Å². The monoisotopic (exact) mass is 463 g/mol. The Morgan fingerprint density at radius 3 is 2.76 bits per heavy atom. The van der Waals surface area contributed by atoms with E-state index in [1.165, 1.54) is 24.2 Å². The normalized spacial score (nSPS) is 22.9. The number of hydrogen-bond acceptors (Lipinski definition) is 9. The first-order chi connectivity index (χ1) is 15.9. The van der Waals surface area contributed by atoms with Crippen LogP contribution in [0.1, 0.15) is 50.8 Å². The van der Waals surface area contributed by atoms with Crippen LogP contribution in [0.4, 0.5) is 16.8 Å². The Kier molecular flexibility index (Phi) is 5.91. The molecule has 3 atom stereocenters. The second kappa shape index (κ2) is 8.86. The maximum Gasteiger partial charge on any atom is 0.188 e. The van der Waals surface area contributed by atoms with Gasteiger partial charge in [0.05, 0.1) is 22.1 Å². The molecule has 0 spiro atoms. The molecule has 3 aromatic heterocycles. The van der Waals surface area contributed by atoms with Crippen molar-refractivity contribution >= 4 is 39.0 Å². The average Bonchev–Trinajstić information content (AvgIpc) is 3.34. The molecule has 0 saturated carbocycles. The first-order valence-electron chi connectivity index (χ1n) is 11.5. The SMILES string of the molecule is CC(C)(O)c1cnc(Nc2cc3ncccc3c(N[C@@H]3C[C@H]4CC[C@@H](C3)N4CCC#N)n2)s1. The molecule has 8 nitrogen and oxygen atoms in total. The zero-order valence-corrected chi connectivity index (χ0v) is 19.8. The molecule has 33 heavy (non-hydrogen) atoms. The predicted octanol–water partition coefficient (Wildman–Crippen LogP) is 4.38. The van der Waals surface area contributed by atoms with Crippen molar-refractivity contribution < 1.29 is 5.11 Å². The summed E-state index contributed by atoms with van der Waals surface area (Å²) >= 11 is 1.42. The van der Waals surface area contributed by atoms with Crippen LogP contribution in [0.3, 0.4) is 0 Å². The van der Waals surface area contributed by atoms with Crippen LogP contribution in [-0.2, 0) is 5.60 Å². The van der Waals surface area contributed by atoms with E-state index in [2.05, 4.69) is 31.6 Å². The highest BCUT2D eigenvalue weighted by Crippen LogP contribution is 2.38. The fourth-order valence-electron chi connectivity index (χ4n) is 5.10. The number of nitriles is 1. The first-order valence-corrected chi connectivity index (χ1v) is 12.3. The molecule has 3 N–H and O–H groups in total. The number of thiazole rings is 1. The summed E-state index contributed by atoms with van der Waals surface area (Å²) < 4.78 is 0. The van der Waals surface area contributed by atoms with E-state index in [1.54, 1.807) is 26.2 Å². The van der Waals surface area contributed by atoms with Gasteiger partial charge in [0.1, 0.15) is 11.6 Å². The zero-order chi connectivity index (χ0) is 23.0. The van der Waals surface area contributed by atoms with Gasteiger partial charge in [-0.2, -0.15) is 5.26 Å². The van der Waals surface area contributed by atoms with E-state index in [0.717, 1.165) is 41.0 Å². The molecule has 3 aromatic rings. The molecule has 0 amide bonds. The number of fused-ring (bicyclic) bond motifs is 3. The zero-order valence-electron chi connectivity index (χ0n) is 19.0. The number of nitrogens with zero attached hydrogens (tertiary/aromatic N) is 5. The summed E-state index contributed by atoms with van der Waals surface area (Å²) in [5, 5.41) is 27.9. The molecule has 5 heterocycles. The summed E-state index contributed by atoms with van der Waals surface area (Å²) in [6, 6.07) is 9.63. The minimum absolute atomic E-state index is 0.341. The van der Waals surface area contributed by atoms with Crippen molar-refractivity contribution in [3.05, 3.63) is 35.5 Å². The van der Waals surface area contributed by atoms with E-state index in [9.17, 15) is 5.11 Å². The quantitative estimate of drug-likeness (QED) is 0.474. The second-order valence-electron chi connectivity index (χ2n) is 9.48. The topological polar surface area (TPSA) is 110 Å². The Balaban J connectivity index is 1.37. The van der Waals surface area contributed by atoms with Gasteiger partial charge in [-0.05, 0) is 51.7 Å². The molecule has 5 rings (SSSR count). The van der Waals surface area contributed by atoms with E-state index in [4.69, 9.17) is 10.2 Å². The van der Waals surface area contributed by atoms with Gasteiger partial charge in [-0.1, -0.05) is 11.3 Å². The lowest BCUT2D eigenvalue weighted by Gasteiger charge is -2.39. The van der Waals surface area contributed by atoms with Gasteiger partial charge < -0.3 is 15.7 Å². The lowest BCUT2D eigenvalue weighted by atomic mass is 9.97. The average molecular weight is 464 g/mol. The molecule has 2 aliphatic rings. The molecule has 2 saturated heterocycles. The third-order valence-corrected chi connectivity index (χ3v) is 7.88. The van der Waals surface area contributed by atoms with Crippen molar-refractivity contribution in [1.29, 1.82) is 5.26 Å². The summed E-state index contributed by atoms with van der Waals surface area (Å²) in [6.07, 6.45) is 8.62. The summed E-state index contributed by atoms with van der Waals surface area (Å²) in [7, 11) is 0. The van der Waals surface area contributed by atoms with Gasteiger partial charge in [0.25, 0.3) is 0 Å². The summed E-state index contributed by atoms with van der Waals surface area (Å²) in [4.78, 5) is 17.2. The minimum Gasteiger partial charge on any atom is -0.385 e. The number of anilines is 3. The summed E-state index contributed by atoms with van der Waals surface area (Å²) in [5.74, 6) is 1.51. The molecule has 0 radical (unpaired) electrons. The van der Waals surface area contributed by atoms with Crippen LogP contribution < -0.4 is 10.6 Å². The maximum absolute atomic E-state index is 10.2. The number of pyridine rings is 2. The third kappa shape index (κ3) is 4.64. The van der Waals surface area contributed by atoms with Gasteiger partial charge in [0, 0.05) is 54.9 Å². The smallest absolute Gasteiger partial charge is 0.188 e. The standard InChI is InChI=1S/C24H29N7OS/c1-24(2,32)20-14-27-23(33-20)30-21-13-19-18(5-3-9-26-19)22(29-21)28-15-11-16-6-7-17(12-15)31(16)10-4-8-25/h3,5,9,13-17,32H,4,6-7,10-12H2,1-2H3,(H2,27,28,29,30)/t15-,16-,17+. The van der Waals surface area contributed by atoms with Crippen LogP contribution in [0.5, 0.6) is 0 Å². The van der Waals surface area contributed by atoms with E-state index in [1.807, 2.05) is 18.2 Å². The summed E-state index contributed by atoms with van der Waals surface area (Å²) in [5.41, 5.74) is -0.0596. The van der Waals surface area contributed by atoms with Crippen LogP contribution in [0.25, 0.3) is 10.9 Å². The maximum atomic E-state index is 10.2. The summed E-state index contributed by atoms with van der Waals surface area (Å²) in [6.45, 7) is 4.38. The molecular weight excluding hydrogens is 434 g/mol. The Hall–Kier alpha value is -2.80. The molecule has 2 fully saturated rings. The van der Waals surface area contributed by atoms with Gasteiger partial charge in [0.2, 0.25) is 0 Å². The first kappa shape index (κ1) is 22.0. The van der Waals surface area contributed by atoms with Crippen molar-refractivity contribution in [2.45, 2.75) is 69.7 Å². The lowest BCUT2D eigenvalue weighted by molar-refractivity contribution is 0.0823. The van der Waals surface area contributed by atoms with Gasteiger partial charge in [-0.25, -0.2) is 9.97 Å². The Labute approximate surface area is 197 Å². The van der Waals surface area contributed by atoms with Crippen LogP contribution in [-0.4, -0.2) is 49.6 Å². The molecule has 9 heteroatoms. The number of aliphatic hydroxyl groups is 1. The molecule has 2 bridgehead atoms. The fraction of sp³-hybridized carbons (Fsp3) is 0.500. The minimum atomic E-state index is -0.926. The molecule has 0 unspecified atom stereocenters. The fourth-order valence-corrected chi connectivity index (χ4v) is 5.93. The molecule has 0 aromatic carbocycles. The molecule has 2 aliphatic heterocycles. The number of aromatic nitrogens is 3. The van der Waals surface area contributed by atoms with Crippen LogP contribution in [0, 0.1) is 11.3 Å². The largest absolute Gasteiger partial charge is 0.385 e. The second-order valence-corrected chi connectivity index (χ2v) is 10.5. The highest BCUT2D eigenvalue weighted by Gasteiger charge is 2.40. The Morgan fingerprint density at radius 1 is 1.27 bits per heavy atom. The van der Waals surface area contributed by atoms with E-state index < -0.39 is 5.60 Å². The third-order valence-electron chi connectivity index (χ3n) is 6.65. The van der Waals surface area contributed by atoms with Crippen molar-refractivity contribution in [2.75, 3.05) is 17.2 Å². The predicted molar refractivity (Wildman–Crippen MR) is 131 cm³/mol. The van der Waals surface area contributed by atoms with Gasteiger partial charge in [-0.15, -0.1) is 0 Å². The molecular formula is C24H29N7OS. The number of nitrogens with one attached hydrogen (secondary N) is 2. The van der Waals surface area contributed by atoms with Gasteiger partial charge in [0.15, 0.2) is 5.13 Å². The van der Waals surface area contributed by atoms with E-state index in [-0.39, 0.29) is 0 Å². The van der Waals surface area contributed by atoms with Crippen LogP contribution in [0.15, 0.2) is 30.6 Å². The highest BCUT2D eigenvalue weighted by atomic mass is 32.1. The number of hydrogen-bond donors (Lipinski definition) is 3. The molecule has 172 valence electrons. The number of rotatable bonds is 7.